The minimum atomic E-state index is -0.578. The highest BCUT2D eigenvalue weighted by molar-refractivity contribution is 5.98. The second-order valence-corrected chi connectivity index (χ2v) is 8.81. The van der Waals surface area contributed by atoms with Crippen molar-refractivity contribution in [1.29, 1.82) is 0 Å². The summed E-state index contributed by atoms with van der Waals surface area (Å²) in [5.74, 6) is -0.432. The summed E-state index contributed by atoms with van der Waals surface area (Å²) >= 11 is 0. The van der Waals surface area contributed by atoms with Crippen LogP contribution >= 0.6 is 0 Å². The number of likely N-dealkylation sites (tertiary alicyclic amines) is 1. The van der Waals surface area contributed by atoms with Gasteiger partial charge in [-0.2, -0.15) is 5.10 Å². The average molecular weight is 464 g/mol. The van der Waals surface area contributed by atoms with E-state index in [1.165, 1.54) is 6.20 Å². The van der Waals surface area contributed by atoms with Gasteiger partial charge in [-0.15, -0.1) is 0 Å². The van der Waals surface area contributed by atoms with Crippen LogP contribution in [-0.4, -0.2) is 55.3 Å². The summed E-state index contributed by atoms with van der Waals surface area (Å²) in [6, 6.07) is 3.67. The molecule has 0 aromatic carbocycles. The second-order valence-electron chi connectivity index (χ2n) is 8.81. The quantitative estimate of drug-likeness (QED) is 0.574. The van der Waals surface area contributed by atoms with Crippen LogP contribution in [0.15, 0.2) is 24.5 Å². The lowest BCUT2D eigenvalue weighted by molar-refractivity contribution is -0.134. The summed E-state index contributed by atoms with van der Waals surface area (Å²) in [5, 5.41) is 7.09. The molecule has 0 bridgehead atoms. The van der Waals surface area contributed by atoms with Gasteiger partial charge in [-0.05, 0) is 57.2 Å². The Bertz CT molecular complexity index is 1250. The van der Waals surface area contributed by atoms with Crippen LogP contribution in [0.1, 0.15) is 52.1 Å². The van der Waals surface area contributed by atoms with Crippen LogP contribution in [0.3, 0.4) is 0 Å². The van der Waals surface area contributed by atoms with E-state index in [1.807, 2.05) is 26.8 Å². The fourth-order valence-electron chi connectivity index (χ4n) is 4.42. The molecule has 0 spiro atoms. The fourth-order valence-corrected chi connectivity index (χ4v) is 4.42. The predicted octanol–water partition coefficient (Wildman–Crippen LogP) is 1.96. The Kier molecular flexibility index (Phi) is 6.58. The predicted molar refractivity (Wildman–Crippen MR) is 126 cm³/mol. The third kappa shape index (κ3) is 4.75. The standard InChI is InChI=1S/C24H29N7O3/c1-14-6-8-20(26-11-14)29-24(34)17-5-4-10-30(13-17)21(32)9-7-18-15(2)28-23-19(22(25)33)12-27-31(23)16(18)3/h6,8,11-12,17H,4-5,7,9-10,13H2,1-3H3,(H2,25,33)(H,26,29,34). The van der Waals surface area contributed by atoms with Gasteiger partial charge in [0.1, 0.15) is 11.4 Å². The van der Waals surface area contributed by atoms with Crippen molar-refractivity contribution in [2.24, 2.45) is 11.7 Å². The molecule has 3 amide bonds. The minimum absolute atomic E-state index is 0.00291. The summed E-state index contributed by atoms with van der Waals surface area (Å²) in [5.41, 5.74) is 9.60. The summed E-state index contributed by atoms with van der Waals surface area (Å²) in [4.78, 5) is 47.8. The Morgan fingerprint density at radius 2 is 1.97 bits per heavy atom. The molecule has 1 saturated heterocycles. The van der Waals surface area contributed by atoms with E-state index in [1.54, 1.807) is 21.7 Å². The molecule has 178 valence electrons. The summed E-state index contributed by atoms with van der Waals surface area (Å²) in [6.45, 7) is 6.72. The molecule has 0 aliphatic carbocycles. The smallest absolute Gasteiger partial charge is 0.254 e. The van der Waals surface area contributed by atoms with Gasteiger partial charge >= 0.3 is 0 Å². The molecule has 1 aliphatic rings. The van der Waals surface area contributed by atoms with Crippen molar-refractivity contribution in [3.8, 4) is 0 Å². The molecule has 1 fully saturated rings. The van der Waals surface area contributed by atoms with Crippen molar-refractivity contribution in [3.63, 3.8) is 0 Å². The molecule has 1 unspecified atom stereocenters. The third-order valence-electron chi connectivity index (χ3n) is 6.37. The molecule has 4 rings (SSSR count). The Morgan fingerprint density at radius 3 is 2.68 bits per heavy atom. The second kappa shape index (κ2) is 9.58. The molecule has 4 heterocycles. The summed E-state index contributed by atoms with van der Waals surface area (Å²) in [6.07, 6.45) is 5.43. The molecule has 10 nitrogen and oxygen atoms in total. The van der Waals surface area contributed by atoms with E-state index in [9.17, 15) is 14.4 Å². The SMILES string of the molecule is Cc1ccc(NC(=O)C2CCCN(C(=O)CCc3c(C)nc4c(C(N)=O)cnn4c3C)C2)nc1. The van der Waals surface area contributed by atoms with Gasteiger partial charge in [-0.3, -0.25) is 14.4 Å². The van der Waals surface area contributed by atoms with Crippen LogP contribution < -0.4 is 11.1 Å². The molecule has 3 aromatic rings. The van der Waals surface area contributed by atoms with Crippen molar-refractivity contribution >= 4 is 29.2 Å². The number of rotatable bonds is 6. The van der Waals surface area contributed by atoms with Gasteiger partial charge in [0.15, 0.2) is 5.65 Å². The van der Waals surface area contributed by atoms with Crippen molar-refractivity contribution < 1.29 is 14.4 Å². The van der Waals surface area contributed by atoms with Crippen LogP contribution in [0.25, 0.3) is 5.65 Å². The van der Waals surface area contributed by atoms with E-state index in [0.29, 0.717) is 37.4 Å². The van der Waals surface area contributed by atoms with Gasteiger partial charge in [-0.25, -0.2) is 14.5 Å². The highest BCUT2D eigenvalue weighted by Gasteiger charge is 2.29. The number of hydrogen-bond donors (Lipinski definition) is 2. The maximum absolute atomic E-state index is 13.0. The van der Waals surface area contributed by atoms with Crippen LogP contribution in [0.4, 0.5) is 5.82 Å². The first kappa shape index (κ1) is 23.3. The van der Waals surface area contributed by atoms with Gasteiger partial charge in [0, 0.05) is 37.1 Å². The number of carbonyl (C=O) groups excluding carboxylic acids is 3. The topological polar surface area (TPSA) is 136 Å². The molecule has 34 heavy (non-hydrogen) atoms. The Labute approximate surface area is 197 Å². The largest absolute Gasteiger partial charge is 0.365 e. The van der Waals surface area contributed by atoms with E-state index in [4.69, 9.17) is 5.73 Å². The van der Waals surface area contributed by atoms with Crippen molar-refractivity contribution in [2.75, 3.05) is 18.4 Å². The van der Waals surface area contributed by atoms with Gasteiger partial charge in [0.25, 0.3) is 5.91 Å². The number of nitrogens with two attached hydrogens (primary N) is 1. The van der Waals surface area contributed by atoms with Crippen LogP contribution in [-0.2, 0) is 16.0 Å². The third-order valence-corrected chi connectivity index (χ3v) is 6.37. The fraction of sp³-hybridized carbons (Fsp3) is 0.417. The zero-order valence-corrected chi connectivity index (χ0v) is 19.7. The first-order valence-corrected chi connectivity index (χ1v) is 11.4. The number of primary amides is 1. The molecule has 10 heteroatoms. The Hall–Kier alpha value is -3.82. The van der Waals surface area contributed by atoms with Crippen LogP contribution in [0.2, 0.25) is 0 Å². The zero-order chi connectivity index (χ0) is 24.4. The van der Waals surface area contributed by atoms with Gasteiger partial charge in [0.05, 0.1) is 12.1 Å². The highest BCUT2D eigenvalue weighted by atomic mass is 16.2. The van der Waals surface area contributed by atoms with E-state index in [2.05, 4.69) is 20.4 Å². The van der Waals surface area contributed by atoms with Gasteiger partial charge < -0.3 is 16.0 Å². The maximum Gasteiger partial charge on any atom is 0.254 e. The number of aromatic nitrogens is 4. The lowest BCUT2D eigenvalue weighted by Gasteiger charge is -2.32. The van der Waals surface area contributed by atoms with Gasteiger partial charge in [0.2, 0.25) is 11.8 Å². The first-order valence-electron chi connectivity index (χ1n) is 11.4. The molecule has 3 aromatic heterocycles. The van der Waals surface area contributed by atoms with Crippen molar-refractivity contribution in [1.82, 2.24) is 24.5 Å². The molecule has 0 saturated carbocycles. The summed E-state index contributed by atoms with van der Waals surface area (Å²) < 4.78 is 1.59. The normalized spacial score (nSPS) is 16.0. The molecule has 0 radical (unpaired) electrons. The Balaban J connectivity index is 1.40. The number of fused-ring (bicyclic) bond motifs is 1. The number of aryl methyl sites for hydroxylation is 3. The van der Waals surface area contributed by atoms with E-state index < -0.39 is 5.91 Å². The number of nitrogens with one attached hydrogen (secondary N) is 1. The highest BCUT2D eigenvalue weighted by Crippen LogP contribution is 2.22. The lowest BCUT2D eigenvalue weighted by Crippen LogP contribution is -2.44. The average Bonchev–Trinajstić information content (AvgIpc) is 3.24. The lowest BCUT2D eigenvalue weighted by atomic mass is 9.96. The number of piperidine rings is 1. The monoisotopic (exact) mass is 463 g/mol. The van der Waals surface area contributed by atoms with E-state index in [0.717, 1.165) is 35.4 Å². The maximum atomic E-state index is 13.0. The molecule has 3 N–H and O–H groups in total. The minimum Gasteiger partial charge on any atom is -0.365 e. The van der Waals surface area contributed by atoms with Crippen molar-refractivity contribution in [3.05, 3.63) is 52.6 Å². The molecular formula is C24H29N7O3. The van der Waals surface area contributed by atoms with Gasteiger partial charge in [-0.1, -0.05) is 6.07 Å². The summed E-state index contributed by atoms with van der Waals surface area (Å²) in [7, 11) is 0. The van der Waals surface area contributed by atoms with E-state index >= 15 is 0 Å². The number of amides is 3. The first-order chi connectivity index (χ1) is 16.2. The number of anilines is 1. The van der Waals surface area contributed by atoms with Crippen LogP contribution in [0, 0.1) is 26.7 Å². The van der Waals surface area contributed by atoms with Crippen molar-refractivity contribution in [2.45, 2.75) is 46.5 Å². The molecular weight excluding hydrogens is 434 g/mol. The zero-order valence-electron chi connectivity index (χ0n) is 19.7. The molecule has 1 aliphatic heterocycles. The van der Waals surface area contributed by atoms with E-state index in [-0.39, 0.29) is 23.3 Å². The number of pyridine rings is 1. The van der Waals surface area contributed by atoms with Crippen LogP contribution in [0.5, 0.6) is 0 Å². The Morgan fingerprint density at radius 1 is 1.18 bits per heavy atom. The number of carbonyl (C=O) groups is 3. The molecule has 1 atom stereocenters. The number of nitrogens with zero attached hydrogens (tertiary/aromatic N) is 5. The number of hydrogen-bond acceptors (Lipinski definition) is 6.